The summed E-state index contributed by atoms with van der Waals surface area (Å²) in [5, 5.41) is 21.1. The molecule has 5 rings (SSSR count). The summed E-state index contributed by atoms with van der Waals surface area (Å²) < 4.78 is 5.37. The summed E-state index contributed by atoms with van der Waals surface area (Å²) in [6.45, 7) is 2.73. The summed E-state index contributed by atoms with van der Waals surface area (Å²) in [6.07, 6.45) is 1.80. The van der Waals surface area contributed by atoms with Crippen molar-refractivity contribution in [3.63, 3.8) is 0 Å². The minimum atomic E-state index is -0.382. The number of fused-ring (bicyclic) bond motifs is 4. The van der Waals surface area contributed by atoms with Gasteiger partial charge in [0, 0.05) is 18.8 Å². The van der Waals surface area contributed by atoms with Crippen LogP contribution in [0, 0.1) is 10.1 Å². The highest BCUT2D eigenvalue weighted by atomic mass is 16.6. The first kappa shape index (κ1) is 17.1. The summed E-state index contributed by atoms with van der Waals surface area (Å²) in [7, 11) is 0. The number of rotatable bonds is 4. The molecular formula is C20H16N6O3. The number of non-ortho nitro benzene ring substituents is 1. The van der Waals surface area contributed by atoms with Gasteiger partial charge in [-0.2, -0.15) is 0 Å². The molecule has 0 saturated heterocycles. The second-order valence-electron chi connectivity index (χ2n) is 6.73. The van der Waals surface area contributed by atoms with Gasteiger partial charge >= 0.3 is 0 Å². The quantitative estimate of drug-likeness (QED) is 0.348. The van der Waals surface area contributed by atoms with E-state index in [0.717, 1.165) is 11.0 Å². The molecule has 9 nitrogen and oxygen atoms in total. The number of hydrogen-bond donors (Lipinski definition) is 0. The molecule has 0 aliphatic heterocycles. The van der Waals surface area contributed by atoms with Crippen molar-refractivity contribution in [2.45, 2.75) is 20.0 Å². The Labute approximate surface area is 163 Å². The smallest absolute Gasteiger partial charge is 0.278 e. The van der Waals surface area contributed by atoms with Gasteiger partial charge in [0.15, 0.2) is 5.82 Å². The van der Waals surface area contributed by atoms with Crippen molar-refractivity contribution in [2.75, 3.05) is 0 Å². The van der Waals surface area contributed by atoms with Crippen LogP contribution >= 0.6 is 0 Å². The maximum absolute atomic E-state index is 12.8. The van der Waals surface area contributed by atoms with Crippen LogP contribution in [0.15, 0.2) is 59.5 Å². The lowest BCUT2D eigenvalue weighted by Gasteiger charge is -2.10. The van der Waals surface area contributed by atoms with E-state index in [1.807, 2.05) is 40.2 Å². The molecule has 29 heavy (non-hydrogen) atoms. The van der Waals surface area contributed by atoms with Crippen molar-refractivity contribution in [3.8, 4) is 0 Å². The summed E-state index contributed by atoms with van der Waals surface area (Å²) in [6, 6.07) is 14.1. The largest absolute Gasteiger partial charge is 0.340 e. The SMILES string of the molecule is CCn1c(=O)c2ccccc2n2c(Cn3ccc4c([N+](=O)[O-])cccc43)nnc12. The van der Waals surface area contributed by atoms with Crippen LogP contribution in [0.4, 0.5) is 5.69 Å². The number of nitro benzene ring substituents is 1. The number of nitro groups is 1. The third-order valence-electron chi connectivity index (χ3n) is 5.19. The second-order valence-corrected chi connectivity index (χ2v) is 6.73. The van der Waals surface area contributed by atoms with Gasteiger partial charge in [-0.3, -0.25) is 23.9 Å². The van der Waals surface area contributed by atoms with Crippen LogP contribution in [0.25, 0.3) is 27.6 Å². The van der Waals surface area contributed by atoms with Gasteiger partial charge in [-0.1, -0.05) is 18.2 Å². The van der Waals surface area contributed by atoms with E-state index in [1.165, 1.54) is 6.07 Å². The molecule has 3 aromatic heterocycles. The van der Waals surface area contributed by atoms with Crippen LogP contribution in [0.5, 0.6) is 0 Å². The first-order chi connectivity index (χ1) is 14.1. The average Bonchev–Trinajstić information content (AvgIpc) is 3.33. The Morgan fingerprint density at radius 2 is 1.79 bits per heavy atom. The van der Waals surface area contributed by atoms with E-state index in [2.05, 4.69) is 10.2 Å². The predicted molar refractivity (Wildman–Crippen MR) is 108 cm³/mol. The van der Waals surface area contributed by atoms with Gasteiger partial charge < -0.3 is 4.57 Å². The molecule has 0 saturated carbocycles. The Kier molecular flexibility index (Phi) is 3.70. The zero-order valence-corrected chi connectivity index (χ0v) is 15.5. The first-order valence-corrected chi connectivity index (χ1v) is 9.18. The third kappa shape index (κ3) is 2.44. The number of hydrogen-bond acceptors (Lipinski definition) is 5. The Balaban J connectivity index is 1.75. The Bertz CT molecular complexity index is 1480. The molecule has 0 atom stereocenters. The molecular weight excluding hydrogens is 372 g/mol. The summed E-state index contributed by atoms with van der Waals surface area (Å²) in [4.78, 5) is 23.7. The molecule has 9 heteroatoms. The number of benzene rings is 2. The van der Waals surface area contributed by atoms with Gasteiger partial charge in [-0.05, 0) is 31.2 Å². The third-order valence-corrected chi connectivity index (χ3v) is 5.19. The highest BCUT2D eigenvalue weighted by Crippen LogP contribution is 2.27. The maximum Gasteiger partial charge on any atom is 0.278 e. The zero-order valence-electron chi connectivity index (χ0n) is 15.5. The maximum atomic E-state index is 12.8. The second kappa shape index (κ2) is 6.26. The normalized spacial score (nSPS) is 11.6. The van der Waals surface area contributed by atoms with Crippen LogP contribution in [-0.2, 0) is 13.1 Å². The molecule has 144 valence electrons. The fourth-order valence-electron chi connectivity index (χ4n) is 3.86. The van der Waals surface area contributed by atoms with Crippen molar-refractivity contribution < 1.29 is 4.92 Å². The van der Waals surface area contributed by atoms with Crippen molar-refractivity contribution >= 4 is 33.3 Å². The molecule has 0 aliphatic carbocycles. The molecule has 5 aromatic rings. The van der Waals surface area contributed by atoms with E-state index in [9.17, 15) is 14.9 Å². The Morgan fingerprint density at radius 3 is 2.59 bits per heavy atom. The minimum Gasteiger partial charge on any atom is -0.340 e. The van der Waals surface area contributed by atoms with Crippen LogP contribution in [0.2, 0.25) is 0 Å². The molecule has 0 radical (unpaired) electrons. The zero-order chi connectivity index (χ0) is 20.1. The summed E-state index contributed by atoms with van der Waals surface area (Å²) in [5.74, 6) is 1.12. The van der Waals surface area contributed by atoms with Crippen LogP contribution in [-0.4, -0.2) is 28.7 Å². The summed E-state index contributed by atoms with van der Waals surface area (Å²) >= 11 is 0. The number of aryl methyl sites for hydroxylation is 1. The highest BCUT2D eigenvalue weighted by molar-refractivity contribution is 5.89. The van der Waals surface area contributed by atoms with E-state index < -0.39 is 0 Å². The Hall–Kier alpha value is -4.01. The molecule has 0 amide bonds. The van der Waals surface area contributed by atoms with Gasteiger partial charge in [0.2, 0.25) is 5.78 Å². The lowest BCUT2D eigenvalue weighted by Crippen LogP contribution is -2.22. The average molecular weight is 388 g/mol. The van der Waals surface area contributed by atoms with Crippen LogP contribution < -0.4 is 5.56 Å². The summed E-state index contributed by atoms with van der Waals surface area (Å²) in [5.41, 5.74) is 1.44. The lowest BCUT2D eigenvalue weighted by molar-refractivity contribution is -0.383. The first-order valence-electron chi connectivity index (χ1n) is 9.18. The minimum absolute atomic E-state index is 0.0672. The monoisotopic (exact) mass is 388 g/mol. The standard InChI is InChI=1S/C20H16N6O3/c1-2-24-19(27)14-6-3-4-7-16(14)25-18(21-22-20(24)25)12-23-11-10-13-15(23)8-5-9-17(13)26(28)29/h3-11H,2,12H2,1H3. The van der Waals surface area contributed by atoms with E-state index in [0.29, 0.717) is 35.5 Å². The predicted octanol–water partition coefficient (Wildman–Crippen LogP) is 2.98. The molecule has 0 unspecified atom stereocenters. The number of aromatic nitrogens is 5. The molecule has 3 heterocycles. The van der Waals surface area contributed by atoms with E-state index in [1.54, 1.807) is 29.0 Å². The lowest BCUT2D eigenvalue weighted by atomic mass is 10.2. The van der Waals surface area contributed by atoms with Gasteiger partial charge in [-0.15, -0.1) is 10.2 Å². The molecule has 0 spiro atoms. The van der Waals surface area contributed by atoms with E-state index in [-0.39, 0.29) is 16.2 Å². The van der Waals surface area contributed by atoms with Gasteiger partial charge in [0.1, 0.15) is 0 Å². The van der Waals surface area contributed by atoms with Crippen molar-refractivity contribution in [2.24, 2.45) is 0 Å². The van der Waals surface area contributed by atoms with Crippen molar-refractivity contribution in [3.05, 3.63) is 81.0 Å². The van der Waals surface area contributed by atoms with Gasteiger partial charge in [0.05, 0.1) is 33.3 Å². The Morgan fingerprint density at radius 1 is 1.00 bits per heavy atom. The fraction of sp³-hybridized carbons (Fsp3) is 0.150. The molecule has 0 bridgehead atoms. The van der Waals surface area contributed by atoms with Crippen LogP contribution in [0.1, 0.15) is 12.7 Å². The molecule has 2 aromatic carbocycles. The number of para-hydroxylation sites is 1. The van der Waals surface area contributed by atoms with E-state index in [4.69, 9.17) is 0 Å². The molecule has 0 N–H and O–H groups in total. The fourth-order valence-corrected chi connectivity index (χ4v) is 3.86. The van der Waals surface area contributed by atoms with Crippen molar-refractivity contribution in [1.82, 2.24) is 23.7 Å². The van der Waals surface area contributed by atoms with Crippen molar-refractivity contribution in [1.29, 1.82) is 0 Å². The van der Waals surface area contributed by atoms with Gasteiger partial charge in [-0.25, -0.2) is 0 Å². The van der Waals surface area contributed by atoms with Gasteiger partial charge in [0.25, 0.3) is 11.2 Å². The topological polar surface area (TPSA) is 100 Å². The molecule has 0 aliphatic rings. The van der Waals surface area contributed by atoms with Crippen LogP contribution in [0.3, 0.4) is 0 Å². The highest BCUT2D eigenvalue weighted by Gasteiger charge is 2.18. The molecule has 0 fully saturated rings. The number of nitrogens with zero attached hydrogens (tertiary/aromatic N) is 6. The van der Waals surface area contributed by atoms with E-state index >= 15 is 0 Å².